The number of hydrazone groups is 1. The summed E-state index contributed by atoms with van der Waals surface area (Å²) < 4.78 is 33.4. The average Bonchev–Trinajstić information content (AvgIpc) is 2.87. The number of nitrogens with one attached hydrogen (secondary N) is 1. The summed E-state index contributed by atoms with van der Waals surface area (Å²) in [5, 5.41) is 4.22. The Hall–Kier alpha value is -1.80. The molecule has 7 nitrogen and oxygen atoms in total. The fourth-order valence-corrected chi connectivity index (χ4v) is 4.42. The number of amides is 1. The van der Waals surface area contributed by atoms with Gasteiger partial charge in [-0.2, -0.15) is 5.10 Å². The van der Waals surface area contributed by atoms with Crippen LogP contribution in [0.4, 0.5) is 0 Å². The fraction of sp³-hybridized carbons (Fsp3) is 0.467. The SMILES string of the molecule is CCOc1cc(/C=N\NC(=O)[C@H]2CCS(=O)(=O)C2)cc(Cl)c1OC. The molecule has 24 heavy (non-hydrogen) atoms. The van der Waals surface area contributed by atoms with Crippen LogP contribution in [0.5, 0.6) is 11.5 Å². The number of rotatable bonds is 6. The number of sulfone groups is 1. The van der Waals surface area contributed by atoms with E-state index in [1.807, 2.05) is 6.92 Å². The quantitative estimate of drug-likeness (QED) is 0.603. The van der Waals surface area contributed by atoms with Gasteiger partial charge in [0, 0.05) is 0 Å². The molecule has 0 bridgehead atoms. The molecule has 1 aliphatic heterocycles. The molecule has 0 unspecified atom stereocenters. The molecule has 1 saturated heterocycles. The molecule has 1 N–H and O–H groups in total. The van der Waals surface area contributed by atoms with Crippen LogP contribution in [0.25, 0.3) is 0 Å². The van der Waals surface area contributed by atoms with Crippen molar-refractivity contribution in [2.24, 2.45) is 11.0 Å². The molecule has 9 heteroatoms. The average molecular weight is 375 g/mol. The third-order valence-corrected chi connectivity index (χ3v) is 5.58. The van der Waals surface area contributed by atoms with Crippen LogP contribution in [0, 0.1) is 5.92 Å². The van der Waals surface area contributed by atoms with Crippen LogP contribution < -0.4 is 14.9 Å². The molecule has 1 aliphatic rings. The predicted octanol–water partition coefficient (Wildman–Crippen LogP) is 1.63. The lowest BCUT2D eigenvalue weighted by atomic mass is 10.1. The van der Waals surface area contributed by atoms with E-state index in [-0.39, 0.29) is 11.5 Å². The van der Waals surface area contributed by atoms with Crippen LogP contribution in [0.3, 0.4) is 0 Å². The smallest absolute Gasteiger partial charge is 0.244 e. The second-order valence-electron chi connectivity index (χ2n) is 5.30. The van der Waals surface area contributed by atoms with Gasteiger partial charge < -0.3 is 9.47 Å². The third-order valence-electron chi connectivity index (χ3n) is 3.53. The van der Waals surface area contributed by atoms with E-state index >= 15 is 0 Å². The van der Waals surface area contributed by atoms with E-state index in [1.165, 1.54) is 13.3 Å². The zero-order chi connectivity index (χ0) is 17.7. The third kappa shape index (κ3) is 4.61. The van der Waals surface area contributed by atoms with Crippen LogP contribution in [0.1, 0.15) is 18.9 Å². The Morgan fingerprint density at radius 1 is 1.50 bits per heavy atom. The van der Waals surface area contributed by atoms with Crippen molar-refractivity contribution in [3.63, 3.8) is 0 Å². The lowest BCUT2D eigenvalue weighted by Crippen LogP contribution is -2.27. The Labute approximate surface area is 145 Å². The molecular weight excluding hydrogens is 356 g/mol. The summed E-state index contributed by atoms with van der Waals surface area (Å²) in [4.78, 5) is 11.9. The van der Waals surface area contributed by atoms with E-state index in [4.69, 9.17) is 21.1 Å². The highest BCUT2D eigenvalue weighted by molar-refractivity contribution is 7.91. The highest BCUT2D eigenvalue weighted by atomic mass is 35.5. The van der Waals surface area contributed by atoms with Crippen molar-refractivity contribution >= 4 is 33.6 Å². The minimum Gasteiger partial charge on any atom is -0.491 e. The molecular formula is C15H19ClN2O5S. The van der Waals surface area contributed by atoms with Crippen LogP contribution >= 0.6 is 11.6 Å². The molecule has 1 amide bonds. The minimum absolute atomic E-state index is 0.0423. The summed E-state index contributed by atoms with van der Waals surface area (Å²) in [5.41, 5.74) is 2.98. The first-order chi connectivity index (χ1) is 11.4. The molecule has 1 heterocycles. The number of carbonyl (C=O) groups excluding carboxylic acids is 1. The first-order valence-electron chi connectivity index (χ1n) is 7.40. The largest absolute Gasteiger partial charge is 0.491 e. The molecule has 1 aromatic rings. The Balaban J connectivity index is 2.05. The summed E-state index contributed by atoms with van der Waals surface area (Å²) in [7, 11) is -1.61. The van der Waals surface area contributed by atoms with E-state index in [9.17, 15) is 13.2 Å². The summed E-state index contributed by atoms with van der Waals surface area (Å²) in [5.74, 6) is -0.141. The molecule has 0 spiro atoms. The lowest BCUT2D eigenvalue weighted by Gasteiger charge is -2.11. The summed E-state index contributed by atoms with van der Waals surface area (Å²) in [6, 6.07) is 3.31. The molecule has 0 aliphatic carbocycles. The van der Waals surface area contributed by atoms with Gasteiger partial charge in [0.1, 0.15) is 0 Å². The van der Waals surface area contributed by atoms with Crippen molar-refractivity contribution < 1.29 is 22.7 Å². The van der Waals surface area contributed by atoms with Crippen molar-refractivity contribution in [2.75, 3.05) is 25.2 Å². The molecule has 1 fully saturated rings. The van der Waals surface area contributed by atoms with E-state index in [1.54, 1.807) is 12.1 Å². The van der Waals surface area contributed by atoms with E-state index in [0.29, 0.717) is 35.1 Å². The van der Waals surface area contributed by atoms with Gasteiger partial charge in [-0.25, -0.2) is 13.8 Å². The number of carbonyl (C=O) groups is 1. The molecule has 0 aromatic heterocycles. The summed E-state index contributed by atoms with van der Waals surface area (Å²) >= 11 is 6.13. The standard InChI is InChI=1S/C15H19ClN2O5S/c1-3-23-13-7-10(6-12(16)14(13)22-2)8-17-18-15(19)11-4-5-24(20,21)9-11/h6-8,11H,3-5,9H2,1-2H3,(H,18,19)/b17-8-/t11-/m0/s1. The van der Waals surface area contributed by atoms with E-state index in [2.05, 4.69) is 10.5 Å². The highest BCUT2D eigenvalue weighted by Gasteiger charge is 2.32. The first-order valence-corrected chi connectivity index (χ1v) is 9.60. The van der Waals surface area contributed by atoms with Gasteiger partial charge in [0.25, 0.3) is 0 Å². The number of nitrogens with zero attached hydrogens (tertiary/aromatic N) is 1. The lowest BCUT2D eigenvalue weighted by molar-refractivity contribution is -0.124. The van der Waals surface area contributed by atoms with Crippen LogP contribution in [0.15, 0.2) is 17.2 Å². The molecule has 1 aromatic carbocycles. The van der Waals surface area contributed by atoms with Crippen molar-refractivity contribution in [1.82, 2.24) is 5.43 Å². The van der Waals surface area contributed by atoms with Gasteiger partial charge in [-0.1, -0.05) is 11.6 Å². The Kier molecular flexibility index (Phi) is 6.06. The normalized spacial score (nSPS) is 19.4. The molecule has 132 valence electrons. The maximum atomic E-state index is 11.9. The van der Waals surface area contributed by atoms with Gasteiger partial charge in [-0.15, -0.1) is 0 Å². The van der Waals surface area contributed by atoms with Gasteiger partial charge in [-0.3, -0.25) is 4.79 Å². The van der Waals surface area contributed by atoms with Crippen LogP contribution in [-0.2, 0) is 14.6 Å². The molecule has 1 atom stereocenters. The van der Waals surface area contributed by atoms with Crippen molar-refractivity contribution in [3.8, 4) is 11.5 Å². The van der Waals surface area contributed by atoms with Crippen molar-refractivity contribution in [3.05, 3.63) is 22.7 Å². The number of methoxy groups -OCH3 is 1. The topological polar surface area (TPSA) is 94.1 Å². The number of hydrogen-bond donors (Lipinski definition) is 1. The monoisotopic (exact) mass is 374 g/mol. The fourth-order valence-electron chi connectivity index (χ4n) is 2.39. The molecule has 0 saturated carbocycles. The molecule has 0 radical (unpaired) electrons. The second kappa shape index (κ2) is 7.85. The summed E-state index contributed by atoms with van der Waals surface area (Å²) in [6.07, 6.45) is 1.74. The highest BCUT2D eigenvalue weighted by Crippen LogP contribution is 2.35. The number of hydrogen-bond acceptors (Lipinski definition) is 6. The van der Waals surface area contributed by atoms with Gasteiger partial charge in [-0.05, 0) is 31.0 Å². The molecule has 2 rings (SSSR count). The van der Waals surface area contributed by atoms with Gasteiger partial charge >= 0.3 is 0 Å². The Morgan fingerprint density at radius 2 is 2.25 bits per heavy atom. The zero-order valence-electron chi connectivity index (χ0n) is 13.4. The first kappa shape index (κ1) is 18.5. The van der Waals surface area contributed by atoms with Crippen LogP contribution in [0.2, 0.25) is 5.02 Å². The van der Waals surface area contributed by atoms with E-state index < -0.39 is 21.7 Å². The number of benzene rings is 1. The van der Waals surface area contributed by atoms with Crippen molar-refractivity contribution in [1.29, 1.82) is 0 Å². The minimum atomic E-state index is -3.10. The van der Waals surface area contributed by atoms with E-state index in [0.717, 1.165) is 0 Å². The van der Waals surface area contributed by atoms with Gasteiger partial charge in [0.05, 0.1) is 42.4 Å². The number of halogens is 1. The Bertz CT molecular complexity index is 748. The van der Waals surface area contributed by atoms with Crippen LogP contribution in [-0.4, -0.2) is 45.8 Å². The maximum Gasteiger partial charge on any atom is 0.244 e. The van der Waals surface area contributed by atoms with Gasteiger partial charge in [0.15, 0.2) is 21.3 Å². The predicted molar refractivity (Wildman–Crippen MR) is 91.7 cm³/mol. The Morgan fingerprint density at radius 3 is 2.83 bits per heavy atom. The maximum absolute atomic E-state index is 11.9. The van der Waals surface area contributed by atoms with Crippen molar-refractivity contribution in [2.45, 2.75) is 13.3 Å². The van der Waals surface area contributed by atoms with Gasteiger partial charge in [0.2, 0.25) is 5.91 Å². The number of ether oxygens (including phenoxy) is 2. The zero-order valence-corrected chi connectivity index (χ0v) is 15.0. The second-order valence-corrected chi connectivity index (χ2v) is 7.94. The summed E-state index contributed by atoms with van der Waals surface area (Å²) in [6.45, 7) is 2.28.